The predicted octanol–water partition coefficient (Wildman–Crippen LogP) is 4.20. The molecule has 2 aromatic carbocycles. The summed E-state index contributed by atoms with van der Waals surface area (Å²) < 4.78 is 37.0. The topological polar surface area (TPSA) is 93.1 Å². The number of benzene rings is 2. The minimum atomic E-state index is -0.660. The van der Waals surface area contributed by atoms with Gasteiger partial charge in [-0.3, -0.25) is 9.48 Å². The Balaban J connectivity index is 1.53. The molecular formula is C26H23F2N5O3. The van der Waals surface area contributed by atoms with Crippen LogP contribution in [0, 0.1) is 11.6 Å². The van der Waals surface area contributed by atoms with E-state index in [1.807, 2.05) is 6.08 Å². The molecule has 0 fully saturated rings. The van der Waals surface area contributed by atoms with Gasteiger partial charge in [-0.25, -0.2) is 13.6 Å². The molecule has 0 spiro atoms. The standard InChI is InChI=1S/C26H23F2N5O3/c1-36-26(35)22-14-20-19(17-6-2-3-7-21(17)27)13-18(24(28)25(20)30-22)16-5-4-10-32(15-16)23(34)8-11-33-12-9-29-31-33/h2-3,5-7,9,12-14,30H,4,8,10-11,15H2,1H3. The molecule has 0 atom stereocenters. The fourth-order valence-electron chi connectivity index (χ4n) is 4.49. The van der Waals surface area contributed by atoms with Crippen molar-refractivity contribution < 1.29 is 23.1 Å². The number of carbonyl (C=O) groups is 2. The molecule has 1 aliphatic heterocycles. The Labute approximate surface area is 205 Å². The largest absolute Gasteiger partial charge is 0.464 e. The summed E-state index contributed by atoms with van der Waals surface area (Å²) in [7, 11) is 1.23. The number of methoxy groups -OCH3 is 1. The van der Waals surface area contributed by atoms with Gasteiger partial charge in [-0.1, -0.05) is 29.5 Å². The first-order chi connectivity index (χ1) is 17.5. The lowest BCUT2D eigenvalue weighted by molar-refractivity contribution is -0.131. The van der Waals surface area contributed by atoms with Gasteiger partial charge in [0.2, 0.25) is 5.91 Å². The van der Waals surface area contributed by atoms with Crippen LogP contribution >= 0.6 is 0 Å². The SMILES string of the molecule is COC(=O)c1cc2c(-c3ccccc3F)cc(C3=CCCN(C(=O)CCn4ccnn4)C3)c(F)c2[nH]1. The van der Waals surface area contributed by atoms with Crippen molar-refractivity contribution in [2.45, 2.75) is 19.4 Å². The summed E-state index contributed by atoms with van der Waals surface area (Å²) in [5, 5.41) is 7.97. The Morgan fingerprint density at radius 2 is 1.97 bits per heavy atom. The second kappa shape index (κ2) is 9.73. The fourth-order valence-corrected chi connectivity index (χ4v) is 4.49. The number of ether oxygens (including phenoxy) is 1. The van der Waals surface area contributed by atoms with Crippen LogP contribution in [0.15, 0.2) is 54.9 Å². The average Bonchev–Trinajstić information content (AvgIpc) is 3.59. The number of H-pyrrole nitrogens is 1. The van der Waals surface area contributed by atoms with Crippen LogP contribution in [0.5, 0.6) is 0 Å². The van der Waals surface area contributed by atoms with Crippen LogP contribution in [0.4, 0.5) is 8.78 Å². The van der Waals surface area contributed by atoms with E-state index in [1.54, 1.807) is 46.2 Å². The van der Waals surface area contributed by atoms with Crippen LogP contribution in [-0.4, -0.2) is 57.0 Å². The van der Waals surface area contributed by atoms with Crippen molar-refractivity contribution in [3.8, 4) is 11.1 Å². The molecule has 8 nitrogen and oxygen atoms in total. The lowest BCUT2D eigenvalue weighted by Crippen LogP contribution is -2.36. The number of fused-ring (bicyclic) bond motifs is 1. The van der Waals surface area contributed by atoms with E-state index in [4.69, 9.17) is 4.74 Å². The highest BCUT2D eigenvalue weighted by molar-refractivity contribution is 6.03. The monoisotopic (exact) mass is 491 g/mol. The molecule has 10 heteroatoms. The van der Waals surface area contributed by atoms with Crippen molar-refractivity contribution >= 4 is 28.4 Å². The second-order valence-electron chi connectivity index (χ2n) is 8.48. The predicted molar refractivity (Wildman–Crippen MR) is 129 cm³/mol. The molecule has 184 valence electrons. The lowest BCUT2D eigenvalue weighted by Gasteiger charge is -2.28. The van der Waals surface area contributed by atoms with Gasteiger partial charge in [0.1, 0.15) is 11.5 Å². The summed E-state index contributed by atoms with van der Waals surface area (Å²) in [6, 6.07) is 9.24. The van der Waals surface area contributed by atoms with Gasteiger partial charge >= 0.3 is 5.97 Å². The van der Waals surface area contributed by atoms with Gasteiger partial charge in [0.25, 0.3) is 0 Å². The Hall–Kier alpha value is -4.34. The quantitative estimate of drug-likeness (QED) is 0.408. The second-order valence-corrected chi connectivity index (χ2v) is 8.48. The number of aromatic nitrogens is 4. The highest BCUT2D eigenvalue weighted by Gasteiger charge is 2.25. The zero-order valence-electron chi connectivity index (χ0n) is 19.5. The molecule has 1 amide bonds. The first-order valence-corrected chi connectivity index (χ1v) is 11.5. The summed E-state index contributed by atoms with van der Waals surface area (Å²) in [6.07, 6.45) is 5.90. The van der Waals surface area contributed by atoms with Crippen molar-refractivity contribution in [3.63, 3.8) is 0 Å². The molecule has 1 N–H and O–H groups in total. The molecule has 1 aliphatic rings. The third-order valence-electron chi connectivity index (χ3n) is 6.30. The highest BCUT2D eigenvalue weighted by atomic mass is 19.1. The van der Waals surface area contributed by atoms with Gasteiger partial charge in [-0.2, -0.15) is 0 Å². The smallest absolute Gasteiger partial charge is 0.354 e. The highest BCUT2D eigenvalue weighted by Crippen LogP contribution is 2.37. The van der Waals surface area contributed by atoms with E-state index in [2.05, 4.69) is 15.3 Å². The average molecular weight is 491 g/mol. The molecule has 36 heavy (non-hydrogen) atoms. The third-order valence-corrected chi connectivity index (χ3v) is 6.30. The summed E-state index contributed by atoms with van der Waals surface area (Å²) in [4.78, 5) is 29.5. The molecule has 2 aromatic heterocycles. The molecule has 0 aliphatic carbocycles. The molecule has 5 rings (SSSR count). The Morgan fingerprint density at radius 3 is 2.72 bits per heavy atom. The fraction of sp³-hybridized carbons (Fsp3) is 0.231. The van der Waals surface area contributed by atoms with Crippen LogP contribution in [0.1, 0.15) is 28.9 Å². The molecule has 0 radical (unpaired) electrons. The van der Waals surface area contributed by atoms with Crippen LogP contribution in [0.3, 0.4) is 0 Å². The molecule has 0 bridgehead atoms. The van der Waals surface area contributed by atoms with E-state index < -0.39 is 17.6 Å². The van der Waals surface area contributed by atoms with Crippen molar-refractivity contribution in [1.29, 1.82) is 0 Å². The van der Waals surface area contributed by atoms with E-state index >= 15 is 4.39 Å². The van der Waals surface area contributed by atoms with Crippen LogP contribution in [0.25, 0.3) is 27.6 Å². The molecule has 3 heterocycles. The lowest BCUT2D eigenvalue weighted by atomic mass is 9.93. The van der Waals surface area contributed by atoms with Crippen molar-refractivity contribution in [2.75, 3.05) is 20.2 Å². The maximum atomic E-state index is 15.9. The minimum Gasteiger partial charge on any atom is -0.464 e. The Bertz CT molecular complexity index is 1480. The van der Waals surface area contributed by atoms with E-state index in [-0.39, 0.29) is 41.2 Å². The Morgan fingerprint density at radius 1 is 1.14 bits per heavy atom. The van der Waals surface area contributed by atoms with Crippen LogP contribution < -0.4 is 0 Å². The zero-order valence-corrected chi connectivity index (χ0v) is 19.5. The molecule has 0 saturated carbocycles. The number of nitrogens with zero attached hydrogens (tertiary/aromatic N) is 4. The normalized spacial score (nSPS) is 13.6. The number of nitrogens with one attached hydrogen (secondary N) is 1. The van der Waals surface area contributed by atoms with E-state index in [9.17, 15) is 14.0 Å². The van der Waals surface area contributed by atoms with Gasteiger partial charge in [-0.15, -0.1) is 5.10 Å². The van der Waals surface area contributed by atoms with Gasteiger partial charge in [0.15, 0.2) is 5.82 Å². The molecule has 4 aromatic rings. The van der Waals surface area contributed by atoms with Gasteiger partial charge in [0, 0.05) is 42.2 Å². The third kappa shape index (κ3) is 4.37. The minimum absolute atomic E-state index is 0.0590. The number of halogens is 2. The zero-order chi connectivity index (χ0) is 25.2. The molecule has 0 saturated heterocycles. The van der Waals surface area contributed by atoms with E-state index in [1.165, 1.54) is 19.2 Å². The maximum absolute atomic E-state index is 15.9. The van der Waals surface area contributed by atoms with Crippen molar-refractivity contribution in [2.24, 2.45) is 0 Å². The van der Waals surface area contributed by atoms with Gasteiger partial charge in [0.05, 0.1) is 25.4 Å². The van der Waals surface area contributed by atoms with Crippen molar-refractivity contribution in [3.05, 3.63) is 77.8 Å². The van der Waals surface area contributed by atoms with Gasteiger partial charge in [-0.05, 0) is 35.8 Å². The first kappa shape index (κ1) is 23.4. The van der Waals surface area contributed by atoms with Gasteiger partial charge < -0.3 is 14.6 Å². The van der Waals surface area contributed by atoms with E-state index in [0.29, 0.717) is 36.0 Å². The summed E-state index contributed by atoms with van der Waals surface area (Å²) in [6.45, 7) is 1.11. The van der Waals surface area contributed by atoms with E-state index in [0.717, 1.165) is 0 Å². The number of aryl methyl sites for hydroxylation is 1. The van der Waals surface area contributed by atoms with Crippen LogP contribution in [0.2, 0.25) is 0 Å². The number of amides is 1. The number of carbonyl (C=O) groups excluding carboxylic acids is 2. The number of aromatic amines is 1. The number of esters is 1. The maximum Gasteiger partial charge on any atom is 0.354 e. The summed E-state index contributed by atoms with van der Waals surface area (Å²) in [5.41, 5.74) is 1.69. The first-order valence-electron chi connectivity index (χ1n) is 11.5. The molecule has 0 unspecified atom stereocenters. The summed E-state index contributed by atoms with van der Waals surface area (Å²) in [5.74, 6) is -1.80. The van der Waals surface area contributed by atoms with Crippen LogP contribution in [-0.2, 0) is 16.1 Å². The number of hydrogen-bond acceptors (Lipinski definition) is 5. The Kier molecular flexibility index (Phi) is 6.32. The number of rotatable bonds is 6. The molecular weight excluding hydrogens is 468 g/mol. The summed E-state index contributed by atoms with van der Waals surface area (Å²) >= 11 is 0. The number of hydrogen-bond donors (Lipinski definition) is 1. The van der Waals surface area contributed by atoms with Crippen molar-refractivity contribution in [1.82, 2.24) is 24.9 Å².